The van der Waals surface area contributed by atoms with Gasteiger partial charge in [0.15, 0.2) is 0 Å². The number of halogens is 1. The van der Waals surface area contributed by atoms with Gasteiger partial charge in [0.1, 0.15) is 5.82 Å². The van der Waals surface area contributed by atoms with E-state index in [4.69, 9.17) is 9.92 Å². The Hall–Kier alpha value is -1.38. The molecule has 0 aliphatic carbocycles. The summed E-state index contributed by atoms with van der Waals surface area (Å²) in [6, 6.07) is 5.98. The zero-order valence-corrected chi connectivity index (χ0v) is 11.0. The van der Waals surface area contributed by atoms with Gasteiger partial charge in [0.2, 0.25) is 0 Å². The molecular weight excluding hydrogens is 232 g/mol. The van der Waals surface area contributed by atoms with Gasteiger partial charge in [-0.25, -0.2) is 4.39 Å². The first-order chi connectivity index (χ1) is 8.17. The van der Waals surface area contributed by atoms with Gasteiger partial charge in [-0.15, -0.1) is 0 Å². The predicted molar refractivity (Wildman–Crippen MR) is 68.0 cm³/mol. The molecule has 0 atom stereocenters. The van der Waals surface area contributed by atoms with E-state index in [1.807, 2.05) is 6.07 Å². The first kappa shape index (κ1) is 14.7. The SMILES string of the molecule is CC(C)(O)C(C)(C)O[B]c1ccc(C#N)cc1F. The lowest BCUT2D eigenvalue weighted by atomic mass is 9.82. The van der Waals surface area contributed by atoms with E-state index in [2.05, 4.69) is 0 Å². The number of aliphatic hydroxyl groups is 1. The smallest absolute Gasteiger partial charge is 0.333 e. The Bertz CT molecular complexity index is 475. The van der Waals surface area contributed by atoms with Crippen LogP contribution in [0.3, 0.4) is 0 Å². The second kappa shape index (κ2) is 5.09. The van der Waals surface area contributed by atoms with Gasteiger partial charge in [0.25, 0.3) is 0 Å². The van der Waals surface area contributed by atoms with Crippen LogP contribution in [0.25, 0.3) is 0 Å². The molecule has 0 saturated carbocycles. The van der Waals surface area contributed by atoms with E-state index >= 15 is 0 Å². The fourth-order valence-electron chi connectivity index (χ4n) is 1.05. The van der Waals surface area contributed by atoms with Crippen LogP contribution < -0.4 is 5.46 Å². The van der Waals surface area contributed by atoms with Gasteiger partial charge in [-0.2, -0.15) is 5.26 Å². The molecule has 1 N–H and O–H groups in total. The van der Waals surface area contributed by atoms with Crippen LogP contribution in [-0.2, 0) is 4.65 Å². The Morgan fingerprint density at radius 3 is 2.39 bits per heavy atom. The summed E-state index contributed by atoms with van der Waals surface area (Å²) < 4.78 is 19.0. The Balaban J connectivity index is 2.79. The average molecular weight is 248 g/mol. The summed E-state index contributed by atoms with van der Waals surface area (Å²) in [7, 11) is 1.26. The minimum atomic E-state index is -1.06. The van der Waals surface area contributed by atoms with E-state index in [9.17, 15) is 9.50 Å². The molecule has 1 radical (unpaired) electrons. The highest BCUT2D eigenvalue weighted by Gasteiger charge is 2.35. The fourth-order valence-corrected chi connectivity index (χ4v) is 1.05. The van der Waals surface area contributed by atoms with E-state index < -0.39 is 17.0 Å². The van der Waals surface area contributed by atoms with Crippen molar-refractivity contribution < 1.29 is 14.2 Å². The van der Waals surface area contributed by atoms with Crippen molar-refractivity contribution in [2.75, 3.05) is 0 Å². The first-order valence-corrected chi connectivity index (χ1v) is 5.60. The van der Waals surface area contributed by atoms with E-state index in [-0.39, 0.29) is 11.0 Å². The third-order valence-corrected chi connectivity index (χ3v) is 3.08. The normalized spacial score (nSPS) is 12.1. The molecule has 3 nitrogen and oxygen atoms in total. The fraction of sp³-hybridized carbons (Fsp3) is 0.462. The molecule has 0 spiro atoms. The van der Waals surface area contributed by atoms with Crippen molar-refractivity contribution in [1.29, 1.82) is 5.26 Å². The second-order valence-corrected chi connectivity index (χ2v) is 5.15. The summed E-state index contributed by atoms with van der Waals surface area (Å²) in [4.78, 5) is 0. The molecule has 5 heteroatoms. The zero-order valence-electron chi connectivity index (χ0n) is 11.0. The van der Waals surface area contributed by atoms with Crippen LogP contribution >= 0.6 is 0 Å². The lowest BCUT2D eigenvalue weighted by molar-refractivity contribution is -0.0893. The van der Waals surface area contributed by atoms with Crippen LogP contribution in [0.2, 0.25) is 0 Å². The van der Waals surface area contributed by atoms with Crippen molar-refractivity contribution in [2.24, 2.45) is 0 Å². The van der Waals surface area contributed by atoms with E-state index in [0.29, 0.717) is 0 Å². The number of benzene rings is 1. The minimum absolute atomic E-state index is 0.242. The molecule has 0 heterocycles. The highest BCUT2D eigenvalue weighted by atomic mass is 19.1. The quantitative estimate of drug-likeness (QED) is 0.821. The highest BCUT2D eigenvalue weighted by molar-refractivity contribution is 6.47. The Morgan fingerprint density at radius 1 is 1.33 bits per heavy atom. The second-order valence-electron chi connectivity index (χ2n) is 5.15. The summed E-state index contributed by atoms with van der Waals surface area (Å²) in [6.45, 7) is 6.67. The van der Waals surface area contributed by atoms with E-state index in [1.54, 1.807) is 27.7 Å². The zero-order chi connectivity index (χ0) is 14.0. The Morgan fingerprint density at radius 2 is 1.94 bits per heavy atom. The summed E-state index contributed by atoms with van der Waals surface area (Å²) in [6.07, 6.45) is 0. The molecular formula is C13H16BFNO2. The van der Waals surface area contributed by atoms with E-state index in [0.717, 1.165) is 6.07 Å². The summed E-state index contributed by atoms with van der Waals surface area (Å²) >= 11 is 0. The third kappa shape index (κ3) is 3.31. The number of nitriles is 1. The van der Waals surface area contributed by atoms with Crippen LogP contribution in [0, 0.1) is 17.1 Å². The van der Waals surface area contributed by atoms with Crippen LogP contribution in [-0.4, -0.2) is 23.8 Å². The Kier molecular flexibility index (Phi) is 4.15. The summed E-state index contributed by atoms with van der Waals surface area (Å²) in [5, 5.41) is 18.5. The lowest BCUT2D eigenvalue weighted by Gasteiger charge is -2.37. The minimum Gasteiger partial charge on any atom is -0.427 e. The molecule has 1 aromatic carbocycles. The van der Waals surface area contributed by atoms with Crippen LogP contribution in [0.5, 0.6) is 0 Å². The van der Waals surface area contributed by atoms with Crippen molar-refractivity contribution in [2.45, 2.75) is 38.9 Å². The van der Waals surface area contributed by atoms with Crippen molar-refractivity contribution in [3.8, 4) is 6.07 Å². The first-order valence-electron chi connectivity index (χ1n) is 5.60. The monoisotopic (exact) mass is 248 g/mol. The maximum absolute atomic E-state index is 13.6. The van der Waals surface area contributed by atoms with Gasteiger partial charge in [-0.3, -0.25) is 0 Å². The van der Waals surface area contributed by atoms with E-state index in [1.165, 1.54) is 19.6 Å². The molecule has 0 aromatic heterocycles. The maximum Gasteiger partial charge on any atom is 0.333 e. The topological polar surface area (TPSA) is 53.2 Å². The maximum atomic E-state index is 13.6. The molecule has 0 amide bonds. The van der Waals surface area contributed by atoms with Crippen molar-refractivity contribution >= 4 is 12.9 Å². The summed E-state index contributed by atoms with van der Waals surface area (Å²) in [5.74, 6) is -0.527. The van der Waals surface area contributed by atoms with Crippen molar-refractivity contribution in [3.63, 3.8) is 0 Å². The van der Waals surface area contributed by atoms with Crippen LogP contribution in [0.15, 0.2) is 18.2 Å². The molecule has 0 unspecified atom stereocenters. The molecule has 0 fully saturated rings. The third-order valence-electron chi connectivity index (χ3n) is 3.08. The average Bonchev–Trinajstić information content (AvgIpc) is 2.25. The van der Waals surface area contributed by atoms with Gasteiger partial charge in [0.05, 0.1) is 22.8 Å². The molecule has 1 aromatic rings. The number of hydrogen-bond acceptors (Lipinski definition) is 3. The highest BCUT2D eigenvalue weighted by Crippen LogP contribution is 2.24. The van der Waals surface area contributed by atoms with Gasteiger partial charge in [-0.1, -0.05) is 6.07 Å². The van der Waals surface area contributed by atoms with Crippen molar-refractivity contribution in [1.82, 2.24) is 0 Å². The predicted octanol–water partition coefficient (Wildman–Crippen LogP) is 1.51. The van der Waals surface area contributed by atoms with Gasteiger partial charge in [0, 0.05) is 0 Å². The Labute approximate surface area is 107 Å². The molecule has 95 valence electrons. The molecule has 0 bridgehead atoms. The largest absolute Gasteiger partial charge is 0.427 e. The standard InChI is InChI=1S/C13H16BFNO2/c1-12(2,17)13(3,4)18-14-10-6-5-9(8-16)7-11(10)15/h5-7,17H,1-4H3. The molecule has 1 rings (SSSR count). The van der Waals surface area contributed by atoms with Gasteiger partial charge < -0.3 is 9.76 Å². The number of rotatable bonds is 4. The lowest BCUT2D eigenvalue weighted by Crippen LogP contribution is -2.49. The van der Waals surface area contributed by atoms with Gasteiger partial charge in [-0.05, 0) is 45.3 Å². The van der Waals surface area contributed by atoms with Crippen LogP contribution in [0.4, 0.5) is 4.39 Å². The molecule has 0 aliphatic rings. The van der Waals surface area contributed by atoms with Gasteiger partial charge >= 0.3 is 7.48 Å². The molecule has 0 saturated heterocycles. The number of hydrogen-bond donors (Lipinski definition) is 1. The summed E-state index contributed by atoms with van der Waals surface area (Å²) in [5.41, 5.74) is -1.42. The van der Waals surface area contributed by atoms with Crippen molar-refractivity contribution in [3.05, 3.63) is 29.6 Å². The van der Waals surface area contributed by atoms with Crippen LogP contribution in [0.1, 0.15) is 33.3 Å². The molecule has 18 heavy (non-hydrogen) atoms. The molecule has 0 aliphatic heterocycles. The number of nitrogens with zero attached hydrogens (tertiary/aromatic N) is 1.